The molecule has 0 bridgehead atoms. The standard InChI is InChI=1S/C21H34O2/c1-3-13-4-6-15-14(12-19(13)22)5-7-17-16(15)10-11-21(2)18(17)8-9-20(21)23/h13-18,20,23H,3-12H2,1-2H3/t13?,14-,15+,16-,17-,18+,20+,21+/m1/s1. The van der Waals surface area contributed by atoms with Gasteiger partial charge < -0.3 is 5.11 Å². The molecular weight excluding hydrogens is 284 g/mol. The van der Waals surface area contributed by atoms with E-state index in [-0.39, 0.29) is 11.5 Å². The fourth-order valence-corrected chi connectivity index (χ4v) is 7.32. The summed E-state index contributed by atoms with van der Waals surface area (Å²) in [5.74, 6) is 4.82. The molecule has 0 amide bonds. The molecular formula is C21H34O2. The Balaban J connectivity index is 1.56. The van der Waals surface area contributed by atoms with Crippen LogP contribution < -0.4 is 0 Å². The van der Waals surface area contributed by atoms with Crippen molar-refractivity contribution in [2.75, 3.05) is 0 Å². The lowest BCUT2D eigenvalue weighted by molar-refractivity contribution is -0.124. The minimum atomic E-state index is -0.0636. The molecule has 8 atom stereocenters. The van der Waals surface area contributed by atoms with Crippen molar-refractivity contribution in [1.29, 1.82) is 0 Å². The summed E-state index contributed by atoms with van der Waals surface area (Å²) in [6.45, 7) is 4.55. The van der Waals surface area contributed by atoms with Gasteiger partial charge in [0.15, 0.2) is 0 Å². The van der Waals surface area contributed by atoms with E-state index in [1.165, 1.54) is 38.5 Å². The number of aliphatic hydroxyl groups is 1. The maximum atomic E-state index is 12.5. The maximum Gasteiger partial charge on any atom is 0.136 e. The molecule has 0 aromatic rings. The molecule has 1 N–H and O–H groups in total. The number of carbonyl (C=O) groups is 1. The minimum absolute atomic E-state index is 0.0636. The van der Waals surface area contributed by atoms with Crippen molar-refractivity contribution in [3.05, 3.63) is 0 Å². The topological polar surface area (TPSA) is 37.3 Å². The third-order valence-electron chi connectivity index (χ3n) is 8.73. The van der Waals surface area contributed by atoms with Crippen LogP contribution in [0.1, 0.15) is 78.1 Å². The summed E-state index contributed by atoms with van der Waals surface area (Å²) >= 11 is 0. The molecule has 0 aromatic carbocycles. The van der Waals surface area contributed by atoms with Crippen molar-refractivity contribution >= 4 is 5.78 Å². The van der Waals surface area contributed by atoms with Gasteiger partial charge in [-0.1, -0.05) is 13.8 Å². The molecule has 0 aromatic heterocycles. The van der Waals surface area contributed by atoms with Gasteiger partial charge in [-0.2, -0.15) is 0 Å². The molecule has 2 heteroatoms. The minimum Gasteiger partial charge on any atom is -0.393 e. The van der Waals surface area contributed by atoms with Crippen molar-refractivity contribution in [2.24, 2.45) is 40.9 Å². The number of aliphatic hydroxyl groups excluding tert-OH is 1. The van der Waals surface area contributed by atoms with Gasteiger partial charge >= 0.3 is 0 Å². The number of Topliss-reactive ketones (excluding diaryl/α,β-unsaturated/α-hetero) is 1. The molecule has 1 unspecified atom stereocenters. The van der Waals surface area contributed by atoms with Gasteiger partial charge in [-0.3, -0.25) is 4.79 Å². The van der Waals surface area contributed by atoms with Gasteiger partial charge in [0, 0.05) is 12.3 Å². The van der Waals surface area contributed by atoms with Gasteiger partial charge in [0.2, 0.25) is 0 Å². The van der Waals surface area contributed by atoms with Crippen LogP contribution in [0.25, 0.3) is 0 Å². The summed E-state index contributed by atoms with van der Waals surface area (Å²) in [7, 11) is 0. The van der Waals surface area contributed by atoms with E-state index in [1.54, 1.807) is 0 Å². The second-order valence-electron chi connectivity index (χ2n) is 9.43. The summed E-state index contributed by atoms with van der Waals surface area (Å²) in [5.41, 5.74) is 0.195. The van der Waals surface area contributed by atoms with Crippen LogP contribution >= 0.6 is 0 Å². The van der Waals surface area contributed by atoms with E-state index in [0.717, 1.165) is 49.4 Å². The molecule has 0 radical (unpaired) electrons. The van der Waals surface area contributed by atoms with Crippen molar-refractivity contribution in [1.82, 2.24) is 0 Å². The predicted octanol–water partition coefficient (Wildman–Crippen LogP) is 4.60. The molecule has 4 fully saturated rings. The molecule has 0 heterocycles. The highest BCUT2D eigenvalue weighted by atomic mass is 16.3. The summed E-state index contributed by atoms with van der Waals surface area (Å²) in [6, 6.07) is 0. The lowest BCUT2D eigenvalue weighted by Crippen LogP contribution is -2.48. The van der Waals surface area contributed by atoms with Crippen LogP contribution in [-0.4, -0.2) is 17.0 Å². The lowest BCUT2D eigenvalue weighted by Gasteiger charge is -2.54. The van der Waals surface area contributed by atoms with E-state index < -0.39 is 0 Å². The molecule has 0 saturated heterocycles. The van der Waals surface area contributed by atoms with Crippen molar-refractivity contribution in [3.63, 3.8) is 0 Å². The average molecular weight is 319 g/mol. The first-order chi connectivity index (χ1) is 11.0. The maximum absolute atomic E-state index is 12.5. The van der Waals surface area contributed by atoms with Crippen LogP contribution in [0.5, 0.6) is 0 Å². The second-order valence-corrected chi connectivity index (χ2v) is 9.43. The van der Waals surface area contributed by atoms with Crippen LogP contribution in [0.2, 0.25) is 0 Å². The first-order valence-electron chi connectivity index (χ1n) is 10.3. The second kappa shape index (κ2) is 5.86. The Morgan fingerprint density at radius 3 is 2.57 bits per heavy atom. The number of hydrogen-bond donors (Lipinski definition) is 1. The Morgan fingerprint density at radius 2 is 1.78 bits per heavy atom. The average Bonchev–Trinajstić information content (AvgIpc) is 2.74. The Labute approximate surface area is 141 Å². The summed E-state index contributed by atoms with van der Waals surface area (Å²) < 4.78 is 0. The number of hydrogen-bond acceptors (Lipinski definition) is 2. The van der Waals surface area contributed by atoms with Gasteiger partial charge in [0.25, 0.3) is 0 Å². The highest BCUT2D eigenvalue weighted by Crippen LogP contribution is 2.62. The number of rotatable bonds is 1. The van der Waals surface area contributed by atoms with Crippen LogP contribution in [0.3, 0.4) is 0 Å². The molecule has 2 nitrogen and oxygen atoms in total. The Morgan fingerprint density at radius 1 is 1.00 bits per heavy atom. The van der Waals surface area contributed by atoms with Gasteiger partial charge in [0.05, 0.1) is 6.10 Å². The predicted molar refractivity (Wildman–Crippen MR) is 91.9 cm³/mol. The first kappa shape index (κ1) is 16.1. The van der Waals surface area contributed by atoms with Gasteiger partial charge in [-0.05, 0) is 92.8 Å². The molecule has 130 valence electrons. The van der Waals surface area contributed by atoms with Gasteiger partial charge in [-0.15, -0.1) is 0 Å². The third kappa shape index (κ3) is 2.42. The SMILES string of the molecule is CCC1CC[C@H]2[C@H](CC[C@@H]3[C@@H]2CC[C@]2(C)[C@@H](O)CC[C@@H]32)CC1=O. The van der Waals surface area contributed by atoms with E-state index in [4.69, 9.17) is 0 Å². The number of ketones is 1. The van der Waals surface area contributed by atoms with Crippen LogP contribution in [-0.2, 0) is 4.79 Å². The smallest absolute Gasteiger partial charge is 0.136 e. The molecule has 0 spiro atoms. The lowest BCUT2D eigenvalue weighted by atomic mass is 9.51. The number of fused-ring (bicyclic) bond motifs is 5. The first-order valence-corrected chi connectivity index (χ1v) is 10.3. The quantitative estimate of drug-likeness (QED) is 0.767. The van der Waals surface area contributed by atoms with Crippen LogP contribution in [0, 0.1) is 40.9 Å². The van der Waals surface area contributed by atoms with Gasteiger partial charge in [-0.25, -0.2) is 0 Å². The zero-order valence-electron chi connectivity index (χ0n) is 15.0. The van der Waals surface area contributed by atoms with Crippen molar-refractivity contribution < 1.29 is 9.90 Å². The number of carbonyl (C=O) groups excluding carboxylic acids is 1. The van der Waals surface area contributed by atoms with E-state index in [0.29, 0.717) is 17.6 Å². The van der Waals surface area contributed by atoms with Crippen LogP contribution in [0.15, 0.2) is 0 Å². The highest BCUT2D eigenvalue weighted by molar-refractivity contribution is 5.81. The summed E-state index contributed by atoms with van der Waals surface area (Å²) in [4.78, 5) is 12.5. The fraction of sp³-hybridized carbons (Fsp3) is 0.952. The summed E-state index contributed by atoms with van der Waals surface area (Å²) in [6.07, 6.45) is 11.7. The van der Waals surface area contributed by atoms with E-state index in [1.807, 2.05) is 0 Å². The van der Waals surface area contributed by atoms with E-state index in [2.05, 4.69) is 13.8 Å². The van der Waals surface area contributed by atoms with E-state index in [9.17, 15) is 9.90 Å². The normalized spacial score (nSPS) is 53.2. The van der Waals surface area contributed by atoms with Gasteiger partial charge in [0.1, 0.15) is 5.78 Å². The molecule has 4 aliphatic rings. The van der Waals surface area contributed by atoms with Crippen LogP contribution in [0.4, 0.5) is 0 Å². The molecule has 23 heavy (non-hydrogen) atoms. The zero-order chi connectivity index (χ0) is 16.2. The zero-order valence-corrected chi connectivity index (χ0v) is 15.0. The largest absolute Gasteiger partial charge is 0.393 e. The monoisotopic (exact) mass is 318 g/mol. The molecule has 4 aliphatic carbocycles. The molecule has 0 aliphatic heterocycles. The molecule has 4 saturated carbocycles. The van der Waals surface area contributed by atoms with Crippen molar-refractivity contribution in [2.45, 2.75) is 84.2 Å². The molecule has 4 rings (SSSR count). The third-order valence-corrected chi connectivity index (χ3v) is 8.73. The highest BCUT2D eigenvalue weighted by Gasteiger charge is 2.56. The fourth-order valence-electron chi connectivity index (χ4n) is 7.32. The Hall–Kier alpha value is -0.370. The Kier molecular flexibility index (Phi) is 4.11. The Bertz CT molecular complexity index is 472. The van der Waals surface area contributed by atoms with E-state index >= 15 is 0 Å². The summed E-state index contributed by atoms with van der Waals surface area (Å²) in [5, 5.41) is 10.5. The van der Waals surface area contributed by atoms with Crippen molar-refractivity contribution in [3.8, 4) is 0 Å².